The second-order valence-corrected chi connectivity index (χ2v) is 10.3. The number of hydrogen-bond donors (Lipinski definition) is 2. The molecular formula is C29H28ClF3N2O4. The van der Waals surface area contributed by atoms with Gasteiger partial charge in [-0.1, -0.05) is 23.4 Å². The van der Waals surface area contributed by atoms with Crippen molar-refractivity contribution in [3.63, 3.8) is 0 Å². The van der Waals surface area contributed by atoms with Crippen LogP contribution in [0.25, 0.3) is 10.9 Å². The van der Waals surface area contributed by atoms with Crippen molar-refractivity contribution in [1.29, 1.82) is 0 Å². The van der Waals surface area contributed by atoms with Gasteiger partial charge in [0.2, 0.25) is 0 Å². The summed E-state index contributed by atoms with van der Waals surface area (Å²) in [5.41, 5.74) is 0.157. The SMILES string of the molecule is COc1ccc2ncc(Cl)c([C@@H](O)CCC3(CC(=O)O)CCN(CC#Cc4c(F)cc(F)cc4F)CC3)c2c1. The van der Waals surface area contributed by atoms with Gasteiger partial charge in [-0.3, -0.25) is 14.7 Å². The van der Waals surface area contributed by atoms with Crippen LogP contribution in [0.1, 0.15) is 49.3 Å². The molecule has 0 radical (unpaired) electrons. The highest BCUT2D eigenvalue weighted by Gasteiger charge is 2.37. The van der Waals surface area contributed by atoms with Crippen molar-refractivity contribution in [1.82, 2.24) is 9.88 Å². The normalized spacial score (nSPS) is 15.9. The molecule has 0 bridgehead atoms. The lowest BCUT2D eigenvalue weighted by atomic mass is 9.71. The minimum atomic E-state index is -1.06. The number of carbonyl (C=O) groups is 1. The van der Waals surface area contributed by atoms with Crippen molar-refractivity contribution in [3.05, 3.63) is 70.1 Å². The molecular weight excluding hydrogens is 533 g/mol. The van der Waals surface area contributed by atoms with Crippen molar-refractivity contribution in [2.45, 2.75) is 38.2 Å². The number of nitrogens with zero attached hydrogens (tertiary/aromatic N) is 2. The highest BCUT2D eigenvalue weighted by atomic mass is 35.5. The van der Waals surface area contributed by atoms with E-state index in [1.807, 2.05) is 4.90 Å². The van der Waals surface area contributed by atoms with Crippen LogP contribution in [0.3, 0.4) is 0 Å². The van der Waals surface area contributed by atoms with Crippen LogP contribution in [0.4, 0.5) is 13.2 Å². The third-order valence-electron chi connectivity index (χ3n) is 7.32. The zero-order valence-corrected chi connectivity index (χ0v) is 22.1. The molecule has 6 nitrogen and oxygen atoms in total. The number of aromatic nitrogens is 1. The Morgan fingerprint density at radius 2 is 1.90 bits per heavy atom. The van der Waals surface area contributed by atoms with Crippen LogP contribution in [0.15, 0.2) is 36.5 Å². The van der Waals surface area contributed by atoms with Crippen LogP contribution in [-0.2, 0) is 4.79 Å². The molecule has 0 aliphatic carbocycles. The van der Waals surface area contributed by atoms with E-state index in [0.717, 1.165) is 0 Å². The quantitative estimate of drug-likeness (QED) is 0.342. The predicted molar refractivity (Wildman–Crippen MR) is 141 cm³/mol. The Morgan fingerprint density at radius 1 is 1.21 bits per heavy atom. The highest BCUT2D eigenvalue weighted by Crippen LogP contribution is 2.43. The molecule has 1 atom stereocenters. The first-order chi connectivity index (χ1) is 18.6. The van der Waals surface area contributed by atoms with Crippen molar-refractivity contribution in [2.24, 2.45) is 5.41 Å². The summed E-state index contributed by atoms with van der Waals surface area (Å²) in [5, 5.41) is 21.8. The van der Waals surface area contributed by atoms with E-state index in [9.17, 15) is 28.2 Å². The van der Waals surface area contributed by atoms with Gasteiger partial charge >= 0.3 is 5.97 Å². The average Bonchev–Trinajstić information content (AvgIpc) is 2.89. The predicted octanol–water partition coefficient (Wildman–Crippen LogP) is 5.74. The van der Waals surface area contributed by atoms with Gasteiger partial charge in [0, 0.05) is 29.3 Å². The van der Waals surface area contributed by atoms with Crippen molar-refractivity contribution in [2.75, 3.05) is 26.7 Å². The van der Waals surface area contributed by atoms with Gasteiger partial charge in [-0.05, 0) is 62.4 Å². The molecule has 10 heteroatoms. The fourth-order valence-electron chi connectivity index (χ4n) is 5.14. The molecule has 1 saturated heterocycles. The molecule has 0 unspecified atom stereocenters. The van der Waals surface area contributed by atoms with E-state index in [2.05, 4.69) is 16.8 Å². The van der Waals surface area contributed by atoms with E-state index in [4.69, 9.17) is 16.3 Å². The van der Waals surface area contributed by atoms with Crippen LogP contribution in [0.2, 0.25) is 5.02 Å². The number of piperidine rings is 1. The number of halogens is 4. The van der Waals surface area contributed by atoms with Crippen LogP contribution in [-0.4, -0.2) is 52.8 Å². The topological polar surface area (TPSA) is 82.9 Å². The number of fused-ring (bicyclic) bond motifs is 1. The maximum atomic E-state index is 13.8. The number of likely N-dealkylation sites (tertiary alicyclic amines) is 1. The smallest absolute Gasteiger partial charge is 0.303 e. The molecule has 2 aromatic carbocycles. The zero-order chi connectivity index (χ0) is 28.2. The number of hydrogen-bond acceptors (Lipinski definition) is 5. The molecule has 1 aliphatic rings. The molecule has 0 saturated carbocycles. The maximum absolute atomic E-state index is 13.8. The fourth-order valence-corrected chi connectivity index (χ4v) is 5.42. The number of carboxylic acids is 1. The summed E-state index contributed by atoms with van der Waals surface area (Å²) in [6.07, 6.45) is 2.35. The lowest BCUT2D eigenvalue weighted by molar-refractivity contribution is -0.141. The second kappa shape index (κ2) is 12.2. The number of benzene rings is 2. The molecule has 2 heterocycles. The maximum Gasteiger partial charge on any atom is 0.303 e. The Bertz CT molecular complexity index is 1410. The summed E-state index contributed by atoms with van der Waals surface area (Å²) in [6, 6.07) is 6.49. The molecule has 1 aliphatic heterocycles. The summed E-state index contributed by atoms with van der Waals surface area (Å²) in [4.78, 5) is 18.0. The lowest BCUT2D eigenvalue weighted by Gasteiger charge is -2.41. The van der Waals surface area contributed by atoms with Gasteiger partial charge in [0.05, 0.1) is 42.3 Å². The van der Waals surface area contributed by atoms with Crippen molar-refractivity contribution >= 4 is 28.5 Å². The Morgan fingerprint density at radius 3 is 2.54 bits per heavy atom. The van der Waals surface area contributed by atoms with Gasteiger partial charge in [0.1, 0.15) is 23.2 Å². The minimum Gasteiger partial charge on any atom is -0.497 e. The van der Waals surface area contributed by atoms with E-state index < -0.39 is 40.5 Å². The third kappa shape index (κ3) is 6.82. The highest BCUT2D eigenvalue weighted by molar-refractivity contribution is 6.32. The van der Waals surface area contributed by atoms with E-state index in [0.29, 0.717) is 78.1 Å². The number of methoxy groups -OCH3 is 1. The summed E-state index contributed by atoms with van der Waals surface area (Å²) in [5.74, 6) is 1.72. The van der Waals surface area contributed by atoms with E-state index in [1.165, 1.54) is 6.20 Å². The number of aliphatic hydroxyl groups is 1. The van der Waals surface area contributed by atoms with Crippen LogP contribution < -0.4 is 4.74 Å². The van der Waals surface area contributed by atoms with Crippen LogP contribution in [0, 0.1) is 34.7 Å². The fraction of sp³-hybridized carbons (Fsp3) is 0.379. The second-order valence-electron chi connectivity index (χ2n) is 9.85. The van der Waals surface area contributed by atoms with Gasteiger partial charge in [-0.2, -0.15) is 0 Å². The molecule has 0 spiro atoms. The van der Waals surface area contributed by atoms with Gasteiger partial charge in [0.15, 0.2) is 0 Å². The Labute approximate surface area is 229 Å². The number of pyridine rings is 1. The molecule has 39 heavy (non-hydrogen) atoms. The Kier molecular flexibility index (Phi) is 9.01. The monoisotopic (exact) mass is 560 g/mol. The largest absolute Gasteiger partial charge is 0.497 e. The molecule has 0 amide bonds. The number of aliphatic hydroxyl groups excluding tert-OH is 1. The first-order valence-corrected chi connectivity index (χ1v) is 12.9. The molecule has 2 N–H and O–H groups in total. The number of rotatable bonds is 8. The summed E-state index contributed by atoms with van der Waals surface area (Å²) >= 11 is 6.43. The van der Waals surface area contributed by atoms with Crippen LogP contribution >= 0.6 is 11.6 Å². The average molecular weight is 561 g/mol. The van der Waals surface area contributed by atoms with Gasteiger partial charge in [0.25, 0.3) is 0 Å². The third-order valence-corrected chi connectivity index (χ3v) is 7.62. The first kappa shape index (κ1) is 28.7. The van der Waals surface area contributed by atoms with Gasteiger partial charge in [-0.25, -0.2) is 13.2 Å². The van der Waals surface area contributed by atoms with Gasteiger partial charge in [-0.15, -0.1) is 0 Å². The Balaban J connectivity index is 1.44. The van der Waals surface area contributed by atoms with Crippen molar-refractivity contribution in [3.8, 4) is 17.6 Å². The number of carboxylic acid groups (broad SMARTS) is 1. The molecule has 3 aromatic rings. The van der Waals surface area contributed by atoms with Crippen molar-refractivity contribution < 1.29 is 32.9 Å². The van der Waals surface area contributed by atoms with E-state index in [1.54, 1.807) is 25.3 Å². The number of aliphatic carboxylic acids is 1. The summed E-state index contributed by atoms with van der Waals surface area (Å²) in [6.45, 7) is 1.29. The molecule has 1 fully saturated rings. The first-order valence-electron chi connectivity index (χ1n) is 12.5. The Hall–Kier alpha value is -3.32. The summed E-state index contributed by atoms with van der Waals surface area (Å²) < 4.78 is 46.1. The van der Waals surface area contributed by atoms with Crippen LogP contribution in [0.5, 0.6) is 5.75 Å². The lowest BCUT2D eigenvalue weighted by Crippen LogP contribution is -2.41. The minimum absolute atomic E-state index is 0.0517. The molecule has 1 aromatic heterocycles. The molecule has 206 valence electrons. The zero-order valence-electron chi connectivity index (χ0n) is 21.3. The van der Waals surface area contributed by atoms with E-state index in [-0.39, 0.29) is 13.0 Å². The molecule has 4 rings (SSSR count). The number of ether oxygens (including phenoxy) is 1. The van der Waals surface area contributed by atoms with Gasteiger partial charge < -0.3 is 14.9 Å². The summed E-state index contributed by atoms with van der Waals surface area (Å²) in [7, 11) is 1.54. The standard InChI is InChI=1S/C29H28ClF3N2O4/c1-39-19-4-5-25-21(15-19)28(22(30)17-34-25)26(36)6-7-29(16-27(37)38)8-11-35(12-9-29)10-2-3-20-23(32)13-18(31)14-24(20)33/h4-5,13-15,17,26,36H,6-12,16H2,1H3,(H,37,38)/t26-/m0/s1. The van der Waals surface area contributed by atoms with E-state index >= 15 is 0 Å².